The fraction of sp³-hybridized carbons (Fsp3) is 0.105. The van der Waals surface area contributed by atoms with E-state index < -0.39 is 9.75 Å². The smallest absolute Gasteiger partial charge is 0.280 e. The summed E-state index contributed by atoms with van der Waals surface area (Å²) in [5.74, 6) is -0.331. The fourth-order valence-electron chi connectivity index (χ4n) is 2.77. The quantitative estimate of drug-likeness (QED) is 0.207. The van der Waals surface area contributed by atoms with Gasteiger partial charge in [-0.05, 0) is 22.4 Å². The van der Waals surface area contributed by atoms with Crippen LogP contribution in [0.25, 0.3) is 10.8 Å². The third-order valence-electron chi connectivity index (χ3n) is 3.99. The van der Waals surface area contributed by atoms with Crippen molar-refractivity contribution in [1.82, 2.24) is 0 Å². The third-order valence-corrected chi connectivity index (χ3v) is 6.67. The van der Waals surface area contributed by atoms with E-state index in [0.29, 0.717) is 0 Å². The molecule has 0 aliphatic rings. The Morgan fingerprint density at radius 1 is 0.920 bits per heavy atom. The van der Waals surface area contributed by atoms with Crippen LogP contribution in [-0.4, -0.2) is 15.5 Å². The molecule has 0 aliphatic heterocycles. The average Bonchev–Trinajstić information content (AvgIpc) is 2.65. The summed E-state index contributed by atoms with van der Waals surface area (Å²) >= 11 is 7.03. The maximum absolute atomic E-state index is 12.8. The van der Waals surface area contributed by atoms with E-state index in [1.54, 1.807) is 12.1 Å². The van der Waals surface area contributed by atoms with Crippen LogP contribution >= 0.6 is 31.9 Å². The molecule has 0 saturated heterocycles. The van der Waals surface area contributed by atoms with Gasteiger partial charge in [-0.2, -0.15) is 0 Å². The molecule has 0 aromatic heterocycles. The van der Waals surface area contributed by atoms with E-state index in [4.69, 9.17) is 0 Å². The van der Waals surface area contributed by atoms with Gasteiger partial charge in [0.05, 0.1) is 20.1 Å². The molecular weight excluding hydrogens is 450 g/mol. The lowest BCUT2D eigenvalue weighted by Crippen LogP contribution is -2.20. The van der Waals surface area contributed by atoms with E-state index in [0.717, 1.165) is 16.3 Å². The molecule has 0 bridgehead atoms. The summed E-state index contributed by atoms with van der Waals surface area (Å²) in [6, 6.07) is 19.8. The standard InChI is InChI=1S/C19H13Br2NO3/c20-17(14-10-5-7-12-6-1-2-8-13(12)14)18(21)19(23)15-9-3-4-11-16(15)22(24)25/h1-11,17-18H. The number of carbonyl (C=O) groups is 1. The Hall–Kier alpha value is -2.05. The first-order valence-electron chi connectivity index (χ1n) is 7.54. The lowest BCUT2D eigenvalue weighted by Gasteiger charge is -2.18. The Kier molecular flexibility index (Phi) is 5.30. The zero-order valence-corrected chi connectivity index (χ0v) is 16.1. The molecule has 0 aliphatic carbocycles. The summed E-state index contributed by atoms with van der Waals surface area (Å²) in [5.41, 5.74) is 0.862. The SMILES string of the molecule is O=C(c1ccccc1[N+](=O)[O-])C(Br)C(Br)c1cccc2ccccc12. The highest BCUT2D eigenvalue weighted by Gasteiger charge is 2.31. The molecule has 25 heavy (non-hydrogen) atoms. The van der Waals surface area contributed by atoms with Crippen molar-refractivity contribution < 1.29 is 9.72 Å². The third kappa shape index (κ3) is 3.50. The van der Waals surface area contributed by atoms with Crippen molar-refractivity contribution in [3.63, 3.8) is 0 Å². The Balaban J connectivity index is 1.99. The molecule has 3 aromatic carbocycles. The van der Waals surface area contributed by atoms with Gasteiger partial charge < -0.3 is 0 Å². The Morgan fingerprint density at radius 3 is 2.32 bits per heavy atom. The first-order valence-corrected chi connectivity index (χ1v) is 9.37. The van der Waals surface area contributed by atoms with Gasteiger partial charge in [0.1, 0.15) is 0 Å². The molecule has 3 rings (SSSR count). The monoisotopic (exact) mass is 461 g/mol. The number of fused-ring (bicyclic) bond motifs is 1. The minimum atomic E-state index is -0.639. The van der Waals surface area contributed by atoms with Crippen molar-refractivity contribution in [3.8, 4) is 0 Å². The number of alkyl halides is 2. The maximum Gasteiger partial charge on any atom is 0.280 e. The number of nitro groups is 1. The minimum Gasteiger partial charge on any atom is -0.293 e. The second kappa shape index (κ2) is 7.45. The summed E-state index contributed by atoms with van der Waals surface area (Å²) in [6.45, 7) is 0. The van der Waals surface area contributed by atoms with Crippen LogP contribution in [-0.2, 0) is 0 Å². The molecule has 4 nitrogen and oxygen atoms in total. The van der Waals surface area contributed by atoms with Gasteiger partial charge in [0.2, 0.25) is 0 Å². The fourth-order valence-corrected chi connectivity index (χ4v) is 3.94. The van der Waals surface area contributed by atoms with Crippen molar-refractivity contribution in [2.45, 2.75) is 9.65 Å². The highest BCUT2D eigenvalue weighted by Crippen LogP contribution is 2.38. The zero-order valence-electron chi connectivity index (χ0n) is 12.9. The molecule has 0 spiro atoms. The van der Waals surface area contributed by atoms with E-state index >= 15 is 0 Å². The number of para-hydroxylation sites is 1. The lowest BCUT2D eigenvalue weighted by molar-refractivity contribution is -0.385. The van der Waals surface area contributed by atoms with Crippen LogP contribution in [0.4, 0.5) is 5.69 Å². The van der Waals surface area contributed by atoms with E-state index in [9.17, 15) is 14.9 Å². The molecule has 0 radical (unpaired) electrons. The van der Waals surface area contributed by atoms with Gasteiger partial charge in [-0.3, -0.25) is 14.9 Å². The van der Waals surface area contributed by atoms with E-state index in [-0.39, 0.29) is 21.9 Å². The van der Waals surface area contributed by atoms with Crippen LogP contribution < -0.4 is 0 Å². The Morgan fingerprint density at radius 2 is 1.56 bits per heavy atom. The molecule has 2 unspecified atom stereocenters. The van der Waals surface area contributed by atoms with Crippen LogP contribution in [0.3, 0.4) is 0 Å². The minimum absolute atomic E-state index is 0.0964. The predicted molar refractivity (Wildman–Crippen MR) is 106 cm³/mol. The number of ketones is 1. The zero-order chi connectivity index (χ0) is 18.0. The molecule has 0 amide bonds. The number of carbonyl (C=O) groups excluding carboxylic acids is 1. The van der Waals surface area contributed by atoms with Crippen molar-refractivity contribution in [3.05, 3.63) is 88.0 Å². The number of hydrogen-bond acceptors (Lipinski definition) is 3. The second-order valence-electron chi connectivity index (χ2n) is 5.51. The molecule has 3 aromatic rings. The highest BCUT2D eigenvalue weighted by atomic mass is 79.9. The van der Waals surface area contributed by atoms with Crippen LogP contribution in [0.1, 0.15) is 20.7 Å². The first kappa shape index (κ1) is 17.8. The number of benzene rings is 3. The van der Waals surface area contributed by atoms with E-state index in [2.05, 4.69) is 31.9 Å². The Labute approximate surface area is 161 Å². The molecule has 0 N–H and O–H groups in total. The summed E-state index contributed by atoms with van der Waals surface area (Å²) in [5, 5.41) is 13.3. The largest absolute Gasteiger partial charge is 0.293 e. The molecule has 0 fully saturated rings. The molecule has 6 heteroatoms. The van der Waals surface area contributed by atoms with Crippen molar-refractivity contribution in [1.29, 1.82) is 0 Å². The van der Waals surface area contributed by atoms with Crippen LogP contribution in [0.15, 0.2) is 66.7 Å². The van der Waals surface area contributed by atoms with Crippen molar-refractivity contribution in [2.24, 2.45) is 0 Å². The normalized spacial score (nSPS) is 13.4. The summed E-state index contributed by atoms with van der Waals surface area (Å²) in [7, 11) is 0. The van der Waals surface area contributed by atoms with E-state index in [1.165, 1.54) is 12.1 Å². The predicted octanol–water partition coefficient (Wildman–Crippen LogP) is 5.83. The van der Waals surface area contributed by atoms with Gasteiger partial charge in [-0.25, -0.2) is 0 Å². The molecule has 2 atom stereocenters. The topological polar surface area (TPSA) is 60.2 Å². The summed E-state index contributed by atoms with van der Waals surface area (Å²) in [6.07, 6.45) is 0. The summed E-state index contributed by atoms with van der Waals surface area (Å²) < 4.78 is 0. The average molecular weight is 463 g/mol. The van der Waals surface area contributed by atoms with E-state index in [1.807, 2.05) is 42.5 Å². The summed E-state index contributed by atoms with van der Waals surface area (Å²) in [4.78, 5) is 22.5. The molecule has 126 valence electrons. The van der Waals surface area contributed by atoms with Crippen molar-refractivity contribution >= 4 is 54.1 Å². The van der Waals surface area contributed by atoms with Gasteiger partial charge in [0, 0.05) is 6.07 Å². The van der Waals surface area contributed by atoms with Gasteiger partial charge in [-0.1, -0.05) is 86.5 Å². The molecular formula is C19H13Br2NO3. The molecule has 0 saturated carbocycles. The van der Waals surface area contributed by atoms with Crippen LogP contribution in [0.2, 0.25) is 0 Å². The number of nitro benzene ring substituents is 1. The number of nitrogens with zero attached hydrogens (tertiary/aromatic N) is 1. The number of hydrogen-bond donors (Lipinski definition) is 0. The van der Waals surface area contributed by atoms with Gasteiger partial charge in [0.25, 0.3) is 5.69 Å². The number of Topliss-reactive ketones (excluding diaryl/α,β-unsaturated/α-hetero) is 1. The maximum atomic E-state index is 12.8. The van der Waals surface area contributed by atoms with Crippen LogP contribution in [0.5, 0.6) is 0 Å². The van der Waals surface area contributed by atoms with Gasteiger partial charge >= 0.3 is 0 Å². The van der Waals surface area contributed by atoms with Crippen molar-refractivity contribution in [2.75, 3.05) is 0 Å². The lowest BCUT2D eigenvalue weighted by atomic mass is 9.97. The molecule has 0 heterocycles. The number of halogens is 2. The first-order chi connectivity index (χ1) is 12.0. The second-order valence-corrected chi connectivity index (χ2v) is 7.48. The number of rotatable bonds is 5. The Bertz CT molecular complexity index is 953. The highest BCUT2D eigenvalue weighted by molar-refractivity contribution is 9.12. The van der Waals surface area contributed by atoms with Gasteiger partial charge in [-0.15, -0.1) is 0 Å². The van der Waals surface area contributed by atoms with Crippen LogP contribution in [0, 0.1) is 10.1 Å². The van der Waals surface area contributed by atoms with Gasteiger partial charge in [0.15, 0.2) is 5.78 Å².